The molecule has 30 heavy (non-hydrogen) atoms. The molecule has 0 aromatic heterocycles. The molecule has 9 heteroatoms. The predicted octanol–water partition coefficient (Wildman–Crippen LogP) is 4.77. The Labute approximate surface area is 192 Å². The first kappa shape index (κ1) is 24.4. The highest BCUT2D eigenvalue weighted by molar-refractivity contribution is 14.1. The Kier molecular flexibility index (Phi) is 8.92. The van der Waals surface area contributed by atoms with Crippen LogP contribution in [0.5, 0.6) is 5.75 Å². The van der Waals surface area contributed by atoms with Gasteiger partial charge in [-0.25, -0.2) is 8.42 Å². The standard InChI is InChI=1S/C21H27IN2O5S/c1-5-28-19-12-17(23-21(25)18(13-29-22)14(2)3)10-11-20(19)30(26,27)24-16-8-6-15(4)7-9-16/h6-12,14,18,24H,5,13H2,1-4H3,(H,23,25)/t18-/m0/s1. The SMILES string of the molecule is CCOc1cc(NC(=O)[C@@H](COI)C(C)C)ccc1S(=O)(=O)Nc1ccc(C)cc1. The summed E-state index contributed by atoms with van der Waals surface area (Å²) >= 11 is 1.77. The molecular formula is C21H27IN2O5S. The number of carbonyl (C=O) groups excluding carboxylic acids is 1. The van der Waals surface area contributed by atoms with Gasteiger partial charge in [0.25, 0.3) is 10.0 Å². The van der Waals surface area contributed by atoms with Crippen LogP contribution in [-0.4, -0.2) is 27.5 Å². The average molecular weight is 546 g/mol. The number of rotatable bonds is 10. The highest BCUT2D eigenvalue weighted by Crippen LogP contribution is 2.30. The third kappa shape index (κ3) is 6.58. The largest absolute Gasteiger partial charge is 0.492 e. The molecule has 0 heterocycles. The van der Waals surface area contributed by atoms with E-state index in [0.717, 1.165) is 5.56 Å². The molecule has 0 aliphatic carbocycles. The summed E-state index contributed by atoms with van der Waals surface area (Å²) in [7, 11) is -3.87. The van der Waals surface area contributed by atoms with E-state index in [1.807, 2.05) is 32.9 Å². The van der Waals surface area contributed by atoms with Crippen molar-refractivity contribution in [1.82, 2.24) is 0 Å². The van der Waals surface area contributed by atoms with Gasteiger partial charge in [0.1, 0.15) is 33.7 Å². The summed E-state index contributed by atoms with van der Waals surface area (Å²) in [6.07, 6.45) is 0. The van der Waals surface area contributed by atoms with Gasteiger partial charge < -0.3 is 13.1 Å². The number of aryl methyl sites for hydroxylation is 1. The van der Waals surface area contributed by atoms with Crippen molar-refractivity contribution in [3.05, 3.63) is 48.0 Å². The van der Waals surface area contributed by atoms with E-state index in [9.17, 15) is 13.2 Å². The lowest BCUT2D eigenvalue weighted by molar-refractivity contribution is -0.121. The normalized spacial score (nSPS) is 12.5. The Balaban J connectivity index is 2.29. The zero-order valence-corrected chi connectivity index (χ0v) is 20.4. The third-order valence-electron chi connectivity index (χ3n) is 4.49. The van der Waals surface area contributed by atoms with Gasteiger partial charge in [0.05, 0.1) is 19.1 Å². The summed E-state index contributed by atoms with van der Waals surface area (Å²) in [6, 6.07) is 11.5. The summed E-state index contributed by atoms with van der Waals surface area (Å²) < 4.78 is 39.0. The Bertz CT molecular complexity index is 962. The van der Waals surface area contributed by atoms with Crippen LogP contribution >= 0.6 is 23.0 Å². The fourth-order valence-electron chi connectivity index (χ4n) is 2.78. The van der Waals surface area contributed by atoms with Gasteiger partial charge in [-0.15, -0.1) is 0 Å². The van der Waals surface area contributed by atoms with E-state index in [2.05, 4.69) is 10.0 Å². The van der Waals surface area contributed by atoms with E-state index >= 15 is 0 Å². The fourth-order valence-corrected chi connectivity index (χ4v) is 4.36. The fraction of sp³-hybridized carbons (Fsp3) is 0.381. The second kappa shape index (κ2) is 11.0. The lowest BCUT2D eigenvalue weighted by Gasteiger charge is -2.19. The first-order chi connectivity index (χ1) is 14.2. The molecule has 0 radical (unpaired) electrons. The molecule has 0 aliphatic rings. The minimum atomic E-state index is -3.87. The quantitative estimate of drug-likeness (QED) is 0.419. The molecule has 2 N–H and O–H groups in total. The Morgan fingerprint density at radius 2 is 1.73 bits per heavy atom. The Morgan fingerprint density at radius 3 is 2.30 bits per heavy atom. The maximum atomic E-state index is 12.9. The highest BCUT2D eigenvalue weighted by atomic mass is 127. The third-order valence-corrected chi connectivity index (χ3v) is 6.27. The number of carbonyl (C=O) groups is 1. The Morgan fingerprint density at radius 1 is 1.10 bits per heavy atom. The van der Waals surface area contributed by atoms with Gasteiger partial charge in [-0.1, -0.05) is 31.5 Å². The van der Waals surface area contributed by atoms with E-state index in [4.69, 9.17) is 7.80 Å². The second-order valence-corrected chi connectivity index (χ2v) is 9.46. The summed E-state index contributed by atoms with van der Waals surface area (Å²) in [5, 5.41) is 2.82. The predicted molar refractivity (Wildman–Crippen MR) is 127 cm³/mol. The first-order valence-corrected chi connectivity index (χ1v) is 11.9. The van der Waals surface area contributed by atoms with Crippen LogP contribution in [-0.2, 0) is 17.9 Å². The maximum Gasteiger partial charge on any atom is 0.265 e. The van der Waals surface area contributed by atoms with Crippen LogP contribution in [0.2, 0.25) is 0 Å². The smallest absolute Gasteiger partial charge is 0.265 e. The number of ether oxygens (including phenoxy) is 1. The average Bonchev–Trinajstić information content (AvgIpc) is 2.67. The molecule has 164 valence electrons. The molecule has 0 spiro atoms. The monoisotopic (exact) mass is 546 g/mol. The number of anilines is 2. The number of hydrogen-bond acceptors (Lipinski definition) is 5. The van der Waals surface area contributed by atoms with E-state index in [-0.39, 0.29) is 41.6 Å². The van der Waals surface area contributed by atoms with Gasteiger partial charge in [-0.05, 0) is 44.0 Å². The molecule has 0 saturated carbocycles. The number of nitrogens with one attached hydrogen (secondary N) is 2. The summed E-state index contributed by atoms with van der Waals surface area (Å²) in [5.74, 6) is -0.271. The molecule has 2 aromatic rings. The van der Waals surface area contributed by atoms with Crippen LogP contribution < -0.4 is 14.8 Å². The van der Waals surface area contributed by atoms with Crippen molar-refractivity contribution in [3.63, 3.8) is 0 Å². The molecule has 7 nitrogen and oxygen atoms in total. The lowest BCUT2D eigenvalue weighted by atomic mass is 9.96. The van der Waals surface area contributed by atoms with Crippen LogP contribution in [0.3, 0.4) is 0 Å². The molecule has 1 atom stereocenters. The van der Waals surface area contributed by atoms with Gasteiger partial charge in [-0.2, -0.15) is 0 Å². The van der Waals surface area contributed by atoms with E-state index in [1.165, 1.54) is 12.1 Å². The summed E-state index contributed by atoms with van der Waals surface area (Å²) in [6.45, 7) is 8.14. The van der Waals surface area contributed by atoms with Crippen molar-refractivity contribution in [2.24, 2.45) is 11.8 Å². The second-order valence-electron chi connectivity index (χ2n) is 7.18. The van der Waals surface area contributed by atoms with Gasteiger partial charge in [0, 0.05) is 17.4 Å². The number of halogens is 1. The number of hydrogen-bond donors (Lipinski definition) is 2. The highest BCUT2D eigenvalue weighted by Gasteiger charge is 2.24. The van der Waals surface area contributed by atoms with Crippen molar-refractivity contribution in [2.75, 3.05) is 23.3 Å². The first-order valence-electron chi connectivity index (χ1n) is 9.58. The van der Waals surface area contributed by atoms with Crippen LogP contribution in [0.15, 0.2) is 47.4 Å². The van der Waals surface area contributed by atoms with Crippen molar-refractivity contribution in [1.29, 1.82) is 0 Å². The molecule has 1 amide bonds. The van der Waals surface area contributed by atoms with Crippen molar-refractivity contribution < 1.29 is 21.0 Å². The number of sulfonamides is 1. The lowest BCUT2D eigenvalue weighted by Crippen LogP contribution is -2.30. The van der Waals surface area contributed by atoms with Crippen molar-refractivity contribution in [3.8, 4) is 5.75 Å². The molecule has 0 saturated heterocycles. The Hall–Kier alpha value is -1.85. The van der Waals surface area contributed by atoms with E-state index < -0.39 is 10.0 Å². The number of benzene rings is 2. The van der Waals surface area contributed by atoms with Gasteiger partial charge in [-0.3, -0.25) is 9.52 Å². The van der Waals surface area contributed by atoms with Crippen molar-refractivity contribution >= 4 is 50.3 Å². The zero-order chi connectivity index (χ0) is 22.3. The molecule has 2 rings (SSSR count). The van der Waals surface area contributed by atoms with Crippen molar-refractivity contribution in [2.45, 2.75) is 32.6 Å². The molecule has 0 fully saturated rings. The van der Waals surface area contributed by atoms with Gasteiger partial charge in [0.15, 0.2) is 0 Å². The zero-order valence-electron chi connectivity index (χ0n) is 17.4. The summed E-state index contributed by atoms with van der Waals surface area (Å²) in [4.78, 5) is 12.6. The van der Waals surface area contributed by atoms with Gasteiger partial charge in [0.2, 0.25) is 5.91 Å². The van der Waals surface area contributed by atoms with Gasteiger partial charge >= 0.3 is 0 Å². The molecule has 0 unspecified atom stereocenters. The van der Waals surface area contributed by atoms with Crippen LogP contribution in [0.4, 0.5) is 11.4 Å². The summed E-state index contributed by atoms with van der Waals surface area (Å²) in [5.41, 5.74) is 1.94. The van der Waals surface area contributed by atoms with Crippen LogP contribution in [0.1, 0.15) is 26.3 Å². The minimum Gasteiger partial charge on any atom is -0.492 e. The molecular weight excluding hydrogens is 519 g/mol. The number of amides is 1. The topological polar surface area (TPSA) is 93.7 Å². The molecule has 0 bridgehead atoms. The maximum absolute atomic E-state index is 12.9. The van der Waals surface area contributed by atoms with Crippen LogP contribution in [0.25, 0.3) is 0 Å². The van der Waals surface area contributed by atoms with Crippen LogP contribution in [0, 0.1) is 18.8 Å². The minimum absolute atomic E-state index is 0.000992. The van der Waals surface area contributed by atoms with E-state index in [0.29, 0.717) is 11.4 Å². The van der Waals surface area contributed by atoms with E-state index in [1.54, 1.807) is 48.1 Å². The molecule has 0 aliphatic heterocycles. The molecule has 2 aromatic carbocycles.